The Bertz CT molecular complexity index is 425. The van der Waals surface area contributed by atoms with Gasteiger partial charge in [0.2, 0.25) is 5.91 Å². The molecule has 0 radical (unpaired) electrons. The van der Waals surface area contributed by atoms with Gasteiger partial charge in [-0.1, -0.05) is 23.7 Å². The average Bonchev–Trinajstić information content (AvgIpc) is 2.38. The molecular weight excluding hydrogens is 297 g/mol. The number of hydrogen-bond acceptors (Lipinski definition) is 3. The molecule has 0 bridgehead atoms. The topological polar surface area (TPSA) is 58.4 Å². The molecule has 1 aliphatic rings. The molecule has 1 fully saturated rings. The predicted octanol–water partition coefficient (Wildman–Crippen LogP) is 1.80. The number of amides is 1. The Kier molecular flexibility index (Phi) is 7.30. The maximum Gasteiger partial charge on any atom is 0.234 e. The summed E-state index contributed by atoms with van der Waals surface area (Å²) in [5.41, 5.74) is 6.94. The van der Waals surface area contributed by atoms with Crippen LogP contribution in [0.2, 0.25) is 5.02 Å². The van der Waals surface area contributed by atoms with E-state index in [1.807, 2.05) is 24.3 Å². The first kappa shape index (κ1) is 17.2. The molecule has 4 nitrogen and oxygen atoms in total. The van der Waals surface area contributed by atoms with Crippen molar-refractivity contribution >= 4 is 29.9 Å². The monoisotopic (exact) mass is 317 g/mol. The van der Waals surface area contributed by atoms with Crippen LogP contribution in [-0.4, -0.2) is 36.5 Å². The second-order valence-corrected chi connectivity index (χ2v) is 5.48. The van der Waals surface area contributed by atoms with Crippen LogP contribution in [0.4, 0.5) is 0 Å². The quantitative estimate of drug-likeness (QED) is 0.890. The summed E-state index contributed by atoms with van der Waals surface area (Å²) in [6.07, 6.45) is 2.13. The highest BCUT2D eigenvalue weighted by Crippen LogP contribution is 2.09. The molecule has 0 spiro atoms. The van der Waals surface area contributed by atoms with Crippen molar-refractivity contribution in [1.82, 2.24) is 10.2 Å². The van der Waals surface area contributed by atoms with Crippen LogP contribution >= 0.6 is 24.0 Å². The van der Waals surface area contributed by atoms with Gasteiger partial charge in [-0.2, -0.15) is 0 Å². The van der Waals surface area contributed by atoms with E-state index in [-0.39, 0.29) is 24.4 Å². The second kappa shape index (κ2) is 8.47. The van der Waals surface area contributed by atoms with Gasteiger partial charge in [0.15, 0.2) is 0 Å². The lowest BCUT2D eigenvalue weighted by Crippen LogP contribution is -2.46. The highest BCUT2D eigenvalue weighted by Gasteiger charge is 2.18. The predicted molar refractivity (Wildman–Crippen MR) is 84.2 cm³/mol. The molecule has 0 aliphatic carbocycles. The Labute approximate surface area is 131 Å². The average molecular weight is 318 g/mol. The SMILES string of the molecule is Cl.NC1CCCN(CC(=O)NCc2ccc(Cl)cc2)C1. The van der Waals surface area contributed by atoms with Crippen LogP contribution in [0.15, 0.2) is 24.3 Å². The third kappa shape index (κ3) is 5.67. The zero-order valence-electron chi connectivity index (χ0n) is 11.3. The van der Waals surface area contributed by atoms with Crippen LogP contribution < -0.4 is 11.1 Å². The molecule has 1 heterocycles. The summed E-state index contributed by atoms with van der Waals surface area (Å²) in [5, 5.41) is 3.62. The minimum atomic E-state index is 0. The van der Waals surface area contributed by atoms with E-state index in [2.05, 4.69) is 10.2 Å². The van der Waals surface area contributed by atoms with Gasteiger partial charge in [0.25, 0.3) is 0 Å². The molecule has 2 rings (SSSR count). The van der Waals surface area contributed by atoms with Crippen molar-refractivity contribution in [3.05, 3.63) is 34.9 Å². The fourth-order valence-electron chi connectivity index (χ4n) is 2.30. The summed E-state index contributed by atoms with van der Waals surface area (Å²) < 4.78 is 0. The summed E-state index contributed by atoms with van der Waals surface area (Å²) in [5.74, 6) is 0.0454. The molecule has 1 aromatic carbocycles. The number of rotatable bonds is 4. The Morgan fingerprint density at radius 1 is 1.40 bits per heavy atom. The molecule has 112 valence electrons. The first-order valence-corrected chi connectivity index (χ1v) is 7.00. The molecule has 0 aromatic heterocycles. The number of nitrogens with two attached hydrogens (primary N) is 1. The molecule has 1 aliphatic heterocycles. The van der Waals surface area contributed by atoms with Crippen LogP contribution in [0.25, 0.3) is 0 Å². The van der Waals surface area contributed by atoms with Gasteiger partial charge >= 0.3 is 0 Å². The normalized spacial score (nSPS) is 19.2. The van der Waals surface area contributed by atoms with Gasteiger partial charge in [-0.15, -0.1) is 12.4 Å². The minimum Gasteiger partial charge on any atom is -0.351 e. The molecule has 1 aromatic rings. The van der Waals surface area contributed by atoms with Crippen molar-refractivity contribution in [2.75, 3.05) is 19.6 Å². The first-order chi connectivity index (χ1) is 9.13. The fraction of sp³-hybridized carbons (Fsp3) is 0.500. The lowest BCUT2D eigenvalue weighted by molar-refractivity contribution is -0.122. The fourth-order valence-corrected chi connectivity index (χ4v) is 2.42. The van der Waals surface area contributed by atoms with Crippen LogP contribution in [0.1, 0.15) is 18.4 Å². The summed E-state index contributed by atoms with van der Waals surface area (Å²) in [4.78, 5) is 14.0. The van der Waals surface area contributed by atoms with Crippen molar-refractivity contribution in [2.24, 2.45) is 5.73 Å². The van der Waals surface area contributed by atoms with Gasteiger partial charge in [-0.25, -0.2) is 0 Å². The van der Waals surface area contributed by atoms with E-state index >= 15 is 0 Å². The zero-order valence-corrected chi connectivity index (χ0v) is 12.9. The number of nitrogens with one attached hydrogen (secondary N) is 1. The van der Waals surface area contributed by atoms with Gasteiger partial charge in [0, 0.05) is 24.2 Å². The lowest BCUT2D eigenvalue weighted by Gasteiger charge is -2.29. The minimum absolute atomic E-state index is 0. The van der Waals surface area contributed by atoms with Crippen molar-refractivity contribution < 1.29 is 4.79 Å². The van der Waals surface area contributed by atoms with Gasteiger partial charge < -0.3 is 11.1 Å². The number of carbonyl (C=O) groups excluding carboxylic acids is 1. The van der Waals surface area contributed by atoms with Crippen molar-refractivity contribution in [3.8, 4) is 0 Å². The number of halogens is 2. The summed E-state index contributed by atoms with van der Waals surface area (Å²) in [6.45, 7) is 2.74. The second-order valence-electron chi connectivity index (χ2n) is 5.04. The van der Waals surface area contributed by atoms with E-state index in [4.69, 9.17) is 17.3 Å². The van der Waals surface area contributed by atoms with Crippen LogP contribution in [0.5, 0.6) is 0 Å². The Morgan fingerprint density at radius 2 is 2.10 bits per heavy atom. The van der Waals surface area contributed by atoms with Crippen LogP contribution in [0.3, 0.4) is 0 Å². The highest BCUT2D eigenvalue weighted by molar-refractivity contribution is 6.30. The lowest BCUT2D eigenvalue weighted by atomic mass is 10.1. The summed E-state index contributed by atoms with van der Waals surface area (Å²) in [6, 6.07) is 7.69. The van der Waals surface area contributed by atoms with E-state index in [1.165, 1.54) is 0 Å². The van der Waals surface area contributed by atoms with E-state index in [1.54, 1.807) is 0 Å². The van der Waals surface area contributed by atoms with Crippen LogP contribution in [0, 0.1) is 0 Å². The van der Waals surface area contributed by atoms with Crippen molar-refractivity contribution in [3.63, 3.8) is 0 Å². The molecular formula is C14H21Cl2N3O. The molecule has 3 N–H and O–H groups in total. The van der Waals surface area contributed by atoms with Crippen molar-refractivity contribution in [1.29, 1.82) is 0 Å². The molecule has 1 atom stereocenters. The van der Waals surface area contributed by atoms with Gasteiger partial charge in [-0.3, -0.25) is 9.69 Å². The molecule has 20 heavy (non-hydrogen) atoms. The number of benzene rings is 1. The summed E-state index contributed by atoms with van der Waals surface area (Å²) in [7, 11) is 0. The van der Waals surface area contributed by atoms with E-state index < -0.39 is 0 Å². The molecule has 1 amide bonds. The number of piperidine rings is 1. The standard InChI is InChI=1S/C14H20ClN3O.ClH/c15-12-5-3-11(4-6-12)8-17-14(19)10-18-7-1-2-13(16)9-18;/h3-6,13H,1-2,7-10,16H2,(H,17,19);1H. The van der Waals surface area contributed by atoms with Gasteiger partial charge in [0.1, 0.15) is 0 Å². The zero-order chi connectivity index (χ0) is 13.7. The maximum absolute atomic E-state index is 11.8. The van der Waals surface area contributed by atoms with Crippen LogP contribution in [-0.2, 0) is 11.3 Å². The Hall–Kier alpha value is -0.810. The third-order valence-electron chi connectivity index (χ3n) is 3.31. The van der Waals surface area contributed by atoms with E-state index in [0.717, 1.165) is 31.5 Å². The third-order valence-corrected chi connectivity index (χ3v) is 3.56. The molecule has 1 unspecified atom stereocenters. The maximum atomic E-state index is 11.8. The van der Waals surface area contributed by atoms with Crippen molar-refractivity contribution in [2.45, 2.75) is 25.4 Å². The Balaban J connectivity index is 0.00000200. The largest absolute Gasteiger partial charge is 0.351 e. The van der Waals surface area contributed by atoms with Gasteiger partial charge in [0.05, 0.1) is 6.54 Å². The number of likely N-dealkylation sites (tertiary alicyclic amines) is 1. The van der Waals surface area contributed by atoms with E-state index in [9.17, 15) is 4.79 Å². The first-order valence-electron chi connectivity index (χ1n) is 6.62. The van der Waals surface area contributed by atoms with Gasteiger partial charge in [-0.05, 0) is 37.1 Å². The summed E-state index contributed by atoms with van der Waals surface area (Å²) >= 11 is 5.81. The number of hydrogen-bond donors (Lipinski definition) is 2. The molecule has 6 heteroatoms. The number of carbonyl (C=O) groups is 1. The highest BCUT2D eigenvalue weighted by atomic mass is 35.5. The Morgan fingerprint density at radius 3 is 2.75 bits per heavy atom. The molecule has 1 saturated heterocycles. The molecule has 0 saturated carbocycles. The van der Waals surface area contributed by atoms with E-state index in [0.29, 0.717) is 18.1 Å². The number of nitrogens with zero attached hydrogens (tertiary/aromatic N) is 1. The smallest absolute Gasteiger partial charge is 0.234 e.